The molecule has 0 radical (unpaired) electrons. The van der Waals surface area contributed by atoms with Crippen molar-refractivity contribution in [1.82, 2.24) is 17.9 Å². The molecule has 2 aromatic rings. The van der Waals surface area contributed by atoms with Gasteiger partial charge < -0.3 is 4.89 Å². The summed E-state index contributed by atoms with van der Waals surface area (Å²) in [5.41, 5.74) is -0.417. The zero-order chi connectivity index (χ0) is 14.7. The molecule has 20 heavy (non-hydrogen) atoms. The minimum atomic E-state index is -0.457. The summed E-state index contributed by atoms with van der Waals surface area (Å²) in [6.07, 6.45) is 0.290. The molecule has 0 unspecified atom stereocenters. The molecule has 8 nitrogen and oxygen atoms in total. The number of hydrogen-bond donors (Lipinski definition) is 0. The Hall–Kier alpha value is -2.00. The highest BCUT2D eigenvalue weighted by molar-refractivity contribution is 7.00. The molecule has 0 spiro atoms. The molecule has 0 bridgehead atoms. The van der Waals surface area contributed by atoms with Crippen molar-refractivity contribution in [3.05, 3.63) is 33.2 Å². The Balaban J connectivity index is 2.29. The van der Waals surface area contributed by atoms with Crippen LogP contribution in [0.2, 0.25) is 0 Å². The predicted molar refractivity (Wildman–Crippen MR) is 73.4 cm³/mol. The second-order valence-electron chi connectivity index (χ2n) is 4.01. The van der Waals surface area contributed by atoms with Gasteiger partial charge in [0.15, 0.2) is 11.2 Å². The molecule has 0 amide bonds. The number of nitrogens with zero attached hydrogens (tertiary/aromatic N) is 4. The summed E-state index contributed by atoms with van der Waals surface area (Å²) in [6.45, 7) is 5.95. The van der Waals surface area contributed by atoms with Crippen LogP contribution in [0.15, 0.2) is 21.9 Å². The Kier molecular flexibility index (Phi) is 4.30. The van der Waals surface area contributed by atoms with Crippen LogP contribution in [0, 0.1) is 0 Å². The van der Waals surface area contributed by atoms with E-state index in [1.54, 1.807) is 14.0 Å². The normalized spacial score (nSPS) is 10.9. The molecule has 0 saturated heterocycles. The maximum atomic E-state index is 12.1. The molecule has 0 aliphatic heterocycles. The lowest BCUT2D eigenvalue weighted by molar-refractivity contribution is -0.259. The van der Waals surface area contributed by atoms with Crippen LogP contribution < -0.4 is 11.2 Å². The van der Waals surface area contributed by atoms with Crippen LogP contribution >= 0.6 is 11.7 Å². The van der Waals surface area contributed by atoms with E-state index in [4.69, 9.17) is 9.78 Å². The van der Waals surface area contributed by atoms with E-state index >= 15 is 0 Å². The third kappa shape index (κ3) is 2.63. The molecule has 0 atom stereocenters. The molecule has 0 saturated carbocycles. The first kappa shape index (κ1) is 14.4. The van der Waals surface area contributed by atoms with Crippen LogP contribution in [0.25, 0.3) is 11.2 Å². The fraction of sp³-hybridized carbons (Fsp3) is 0.455. The van der Waals surface area contributed by atoms with E-state index in [-0.39, 0.29) is 18.5 Å². The number of allylic oxidation sites excluding steroid dienone is 1. The van der Waals surface area contributed by atoms with Crippen LogP contribution in [0.4, 0.5) is 0 Å². The molecule has 0 aromatic carbocycles. The van der Waals surface area contributed by atoms with Crippen molar-refractivity contribution in [2.24, 2.45) is 7.05 Å². The van der Waals surface area contributed by atoms with E-state index in [1.807, 2.05) is 0 Å². The smallest absolute Gasteiger partial charge is 0.332 e. The quantitative estimate of drug-likeness (QED) is 0.436. The Morgan fingerprint density at radius 1 is 1.40 bits per heavy atom. The van der Waals surface area contributed by atoms with Crippen molar-refractivity contribution in [2.45, 2.75) is 19.9 Å². The lowest BCUT2D eigenvalue weighted by Crippen LogP contribution is -2.39. The summed E-state index contributed by atoms with van der Waals surface area (Å²) in [6, 6.07) is 0. The largest absolute Gasteiger partial charge is 0.343 e. The van der Waals surface area contributed by atoms with Gasteiger partial charge in [-0.25, -0.2) is 4.79 Å². The summed E-state index contributed by atoms with van der Waals surface area (Å²) in [7, 11) is 1.55. The SMILES string of the molecule is C=C(CCn1c(=O)c2nsnc2n(C)c1=O)OOCC. The average molecular weight is 298 g/mol. The average Bonchev–Trinajstić information content (AvgIpc) is 2.92. The molecular weight excluding hydrogens is 284 g/mol. The zero-order valence-corrected chi connectivity index (χ0v) is 12.0. The van der Waals surface area contributed by atoms with Gasteiger partial charge in [-0.3, -0.25) is 13.9 Å². The summed E-state index contributed by atoms with van der Waals surface area (Å²) in [5.74, 6) is 0.345. The molecule has 0 fully saturated rings. The first-order chi connectivity index (χ1) is 9.56. The van der Waals surface area contributed by atoms with Gasteiger partial charge in [0.1, 0.15) is 5.76 Å². The predicted octanol–water partition coefficient (Wildman–Crippen LogP) is 0.424. The zero-order valence-electron chi connectivity index (χ0n) is 11.2. The van der Waals surface area contributed by atoms with E-state index < -0.39 is 11.2 Å². The molecule has 2 rings (SSSR count). The van der Waals surface area contributed by atoms with Crippen LogP contribution in [0.1, 0.15) is 13.3 Å². The highest BCUT2D eigenvalue weighted by Gasteiger charge is 2.14. The van der Waals surface area contributed by atoms with Gasteiger partial charge in [0, 0.05) is 20.0 Å². The van der Waals surface area contributed by atoms with Gasteiger partial charge in [0.2, 0.25) is 0 Å². The van der Waals surface area contributed by atoms with Crippen molar-refractivity contribution >= 4 is 22.9 Å². The molecule has 2 aromatic heterocycles. The fourth-order valence-corrected chi connectivity index (χ4v) is 2.21. The monoisotopic (exact) mass is 298 g/mol. The van der Waals surface area contributed by atoms with Crippen molar-refractivity contribution in [2.75, 3.05) is 6.61 Å². The molecule has 9 heteroatoms. The van der Waals surface area contributed by atoms with Gasteiger partial charge >= 0.3 is 5.69 Å². The molecule has 2 heterocycles. The highest BCUT2D eigenvalue weighted by Crippen LogP contribution is 2.05. The first-order valence-electron chi connectivity index (χ1n) is 5.95. The standard InChI is InChI=1S/C11H14N4O4S/c1-4-18-19-7(2)5-6-15-10(16)8-9(13-20-12-8)14(3)11(15)17/h2,4-6H2,1,3H3. The van der Waals surface area contributed by atoms with Crippen molar-refractivity contribution in [3.63, 3.8) is 0 Å². The molecule has 0 aliphatic carbocycles. The number of aromatic nitrogens is 4. The minimum absolute atomic E-state index is 0.144. The summed E-state index contributed by atoms with van der Waals surface area (Å²) in [4.78, 5) is 33.8. The summed E-state index contributed by atoms with van der Waals surface area (Å²) < 4.78 is 10.2. The molecular formula is C11H14N4O4S. The first-order valence-corrected chi connectivity index (χ1v) is 6.68. The Labute approximate surface area is 118 Å². The Morgan fingerprint density at radius 3 is 2.85 bits per heavy atom. The van der Waals surface area contributed by atoms with E-state index in [0.29, 0.717) is 18.0 Å². The van der Waals surface area contributed by atoms with Gasteiger partial charge in [-0.1, -0.05) is 6.58 Å². The lowest BCUT2D eigenvalue weighted by atomic mass is 10.3. The summed E-state index contributed by atoms with van der Waals surface area (Å²) in [5, 5.41) is 0. The highest BCUT2D eigenvalue weighted by atomic mass is 32.1. The third-order valence-corrected chi connectivity index (χ3v) is 3.18. The van der Waals surface area contributed by atoms with Gasteiger partial charge in [-0.05, 0) is 6.92 Å². The van der Waals surface area contributed by atoms with E-state index in [1.165, 1.54) is 4.57 Å². The Morgan fingerprint density at radius 2 is 2.15 bits per heavy atom. The van der Waals surface area contributed by atoms with Gasteiger partial charge in [0.05, 0.1) is 18.3 Å². The summed E-state index contributed by atoms with van der Waals surface area (Å²) >= 11 is 0.899. The van der Waals surface area contributed by atoms with Crippen molar-refractivity contribution < 1.29 is 9.78 Å². The van der Waals surface area contributed by atoms with Gasteiger partial charge in [-0.2, -0.15) is 13.6 Å². The topological polar surface area (TPSA) is 88.2 Å². The maximum Gasteiger partial charge on any atom is 0.332 e. The number of hydrogen-bond acceptors (Lipinski definition) is 7. The second-order valence-corrected chi connectivity index (χ2v) is 4.54. The van der Waals surface area contributed by atoms with E-state index in [9.17, 15) is 9.59 Å². The van der Waals surface area contributed by atoms with E-state index in [2.05, 4.69) is 15.3 Å². The van der Waals surface area contributed by atoms with Gasteiger partial charge in [0.25, 0.3) is 5.56 Å². The van der Waals surface area contributed by atoms with Crippen LogP contribution in [-0.2, 0) is 23.4 Å². The lowest BCUT2D eigenvalue weighted by Gasteiger charge is -2.08. The second kappa shape index (κ2) is 5.97. The number of rotatable bonds is 6. The Bertz CT molecular complexity index is 745. The fourth-order valence-electron chi connectivity index (χ4n) is 1.64. The molecule has 0 aliphatic rings. The minimum Gasteiger partial charge on any atom is -0.343 e. The molecule has 0 N–H and O–H groups in total. The van der Waals surface area contributed by atoms with Crippen LogP contribution in [0.5, 0.6) is 0 Å². The molecule has 108 valence electrons. The van der Waals surface area contributed by atoms with Gasteiger partial charge in [-0.15, -0.1) is 0 Å². The number of aryl methyl sites for hydroxylation is 1. The van der Waals surface area contributed by atoms with Crippen LogP contribution in [0.3, 0.4) is 0 Å². The van der Waals surface area contributed by atoms with Crippen LogP contribution in [-0.4, -0.2) is 24.5 Å². The maximum absolute atomic E-state index is 12.1. The van der Waals surface area contributed by atoms with E-state index in [0.717, 1.165) is 16.3 Å². The van der Waals surface area contributed by atoms with Crippen molar-refractivity contribution in [1.29, 1.82) is 0 Å². The van der Waals surface area contributed by atoms with Crippen molar-refractivity contribution in [3.8, 4) is 0 Å². The number of fused-ring (bicyclic) bond motifs is 1. The third-order valence-electron chi connectivity index (χ3n) is 2.66.